The summed E-state index contributed by atoms with van der Waals surface area (Å²) in [4.78, 5) is 6.61. The first-order valence-electron chi connectivity index (χ1n) is 5.91. The fourth-order valence-corrected chi connectivity index (χ4v) is 1.53. The highest BCUT2D eigenvalue weighted by Crippen LogP contribution is 2.02. The molecule has 0 bridgehead atoms. The molecule has 0 spiro atoms. The van der Waals surface area contributed by atoms with Gasteiger partial charge >= 0.3 is 0 Å². The van der Waals surface area contributed by atoms with Gasteiger partial charge in [0.05, 0.1) is 0 Å². The first-order valence-corrected chi connectivity index (χ1v) is 5.91. The lowest BCUT2D eigenvalue weighted by Gasteiger charge is -2.17. The molecule has 0 saturated heterocycles. The smallest absolute Gasteiger partial charge is 0.0372 e. The monoisotopic (exact) mass is 221 g/mol. The maximum absolute atomic E-state index is 4.30. The molecule has 0 saturated carbocycles. The van der Waals surface area contributed by atoms with Gasteiger partial charge in [0.25, 0.3) is 0 Å². The van der Waals surface area contributed by atoms with Crippen molar-refractivity contribution in [1.29, 1.82) is 0 Å². The molecule has 3 nitrogen and oxygen atoms in total. The van der Waals surface area contributed by atoms with E-state index in [-0.39, 0.29) is 0 Å². The van der Waals surface area contributed by atoms with Crippen LogP contribution in [-0.4, -0.2) is 36.1 Å². The number of nitrogens with zero attached hydrogens (tertiary/aromatic N) is 2. The molecule has 1 aromatic heterocycles. The summed E-state index contributed by atoms with van der Waals surface area (Å²) in [6, 6.07) is 4.78. The second-order valence-corrected chi connectivity index (χ2v) is 4.65. The zero-order chi connectivity index (χ0) is 12.0. The predicted octanol–water partition coefficient (Wildman–Crippen LogP) is 1.82. The van der Waals surface area contributed by atoms with Crippen LogP contribution in [-0.2, 0) is 6.54 Å². The maximum atomic E-state index is 4.30. The summed E-state index contributed by atoms with van der Waals surface area (Å²) >= 11 is 0. The highest BCUT2D eigenvalue weighted by Gasteiger charge is 2.00. The zero-order valence-electron chi connectivity index (χ0n) is 10.8. The second-order valence-electron chi connectivity index (χ2n) is 4.65. The molecule has 1 aromatic rings. The van der Waals surface area contributed by atoms with Crippen LogP contribution in [0.3, 0.4) is 0 Å². The number of hydrogen-bond acceptors (Lipinski definition) is 3. The van der Waals surface area contributed by atoms with Crippen LogP contribution in [0.4, 0.5) is 0 Å². The van der Waals surface area contributed by atoms with E-state index < -0.39 is 0 Å². The van der Waals surface area contributed by atoms with Gasteiger partial charge in [0, 0.05) is 37.6 Å². The summed E-state index contributed by atoms with van der Waals surface area (Å²) in [7, 11) is 2.14. The largest absolute Gasteiger partial charge is 0.313 e. The first-order chi connectivity index (χ1) is 7.58. The molecule has 0 aromatic carbocycles. The van der Waals surface area contributed by atoms with E-state index in [0.717, 1.165) is 25.3 Å². The lowest BCUT2D eigenvalue weighted by molar-refractivity contribution is 0.319. The van der Waals surface area contributed by atoms with Gasteiger partial charge < -0.3 is 10.2 Å². The Labute approximate surface area is 98.9 Å². The van der Waals surface area contributed by atoms with E-state index in [4.69, 9.17) is 0 Å². The van der Waals surface area contributed by atoms with E-state index in [0.29, 0.717) is 6.04 Å². The average molecular weight is 221 g/mol. The Morgan fingerprint density at radius 1 is 1.38 bits per heavy atom. The molecule has 0 aliphatic rings. The quantitative estimate of drug-likeness (QED) is 0.794. The fraction of sp³-hybridized carbons (Fsp3) is 0.615. The molecule has 0 radical (unpaired) electrons. The van der Waals surface area contributed by atoms with E-state index in [9.17, 15) is 0 Å². The molecule has 1 rings (SSSR count). The Hall–Kier alpha value is -0.930. The van der Waals surface area contributed by atoms with Crippen molar-refractivity contribution in [2.24, 2.45) is 0 Å². The van der Waals surface area contributed by atoms with Crippen LogP contribution in [0.1, 0.15) is 25.1 Å². The van der Waals surface area contributed by atoms with Crippen LogP contribution >= 0.6 is 0 Å². The maximum Gasteiger partial charge on any atom is 0.0372 e. The summed E-state index contributed by atoms with van der Waals surface area (Å²) in [6.45, 7) is 9.42. The van der Waals surface area contributed by atoms with Crippen LogP contribution in [0.25, 0.3) is 0 Å². The van der Waals surface area contributed by atoms with Crippen molar-refractivity contribution in [3.05, 3.63) is 29.6 Å². The third kappa shape index (κ3) is 5.24. The second kappa shape index (κ2) is 6.61. The Kier molecular flexibility index (Phi) is 5.43. The minimum atomic E-state index is 0.564. The molecule has 16 heavy (non-hydrogen) atoms. The SMILES string of the molecule is Cc1ccc(CN(C)CCNC(C)C)cn1. The van der Waals surface area contributed by atoms with Crippen molar-refractivity contribution < 1.29 is 0 Å². The van der Waals surface area contributed by atoms with E-state index in [1.54, 1.807) is 0 Å². The van der Waals surface area contributed by atoms with E-state index >= 15 is 0 Å². The zero-order valence-corrected chi connectivity index (χ0v) is 10.8. The molecule has 0 aliphatic carbocycles. The number of rotatable bonds is 6. The summed E-state index contributed by atoms with van der Waals surface area (Å²) in [5, 5.41) is 3.41. The minimum absolute atomic E-state index is 0.564. The van der Waals surface area contributed by atoms with Gasteiger partial charge in [-0.3, -0.25) is 4.98 Å². The topological polar surface area (TPSA) is 28.2 Å². The van der Waals surface area contributed by atoms with Gasteiger partial charge in [-0.1, -0.05) is 19.9 Å². The Bertz CT molecular complexity index is 293. The summed E-state index contributed by atoms with van der Waals surface area (Å²) < 4.78 is 0. The third-order valence-electron chi connectivity index (χ3n) is 2.47. The molecule has 1 heterocycles. The molecule has 1 N–H and O–H groups in total. The number of likely N-dealkylation sites (N-methyl/N-ethyl adjacent to an activating group) is 1. The van der Waals surface area contributed by atoms with Crippen molar-refractivity contribution >= 4 is 0 Å². The number of aryl methyl sites for hydroxylation is 1. The van der Waals surface area contributed by atoms with Crippen LogP contribution in [0.2, 0.25) is 0 Å². The highest BCUT2D eigenvalue weighted by molar-refractivity contribution is 5.12. The standard InChI is InChI=1S/C13H23N3/c1-11(2)14-7-8-16(4)10-13-6-5-12(3)15-9-13/h5-6,9,11,14H,7-8,10H2,1-4H3. The average Bonchev–Trinajstić information content (AvgIpc) is 2.21. The molecule has 0 fully saturated rings. The van der Waals surface area contributed by atoms with Crippen molar-refractivity contribution in [3.8, 4) is 0 Å². The summed E-state index contributed by atoms with van der Waals surface area (Å²) in [5.74, 6) is 0. The van der Waals surface area contributed by atoms with Crippen LogP contribution < -0.4 is 5.32 Å². The predicted molar refractivity (Wildman–Crippen MR) is 68.4 cm³/mol. The number of hydrogen-bond donors (Lipinski definition) is 1. The number of nitrogens with one attached hydrogen (secondary N) is 1. The lowest BCUT2D eigenvalue weighted by atomic mass is 10.2. The molecular formula is C13H23N3. The molecular weight excluding hydrogens is 198 g/mol. The molecule has 0 amide bonds. The van der Waals surface area contributed by atoms with Crippen LogP contribution in [0.5, 0.6) is 0 Å². The van der Waals surface area contributed by atoms with Crippen LogP contribution in [0, 0.1) is 6.92 Å². The number of pyridine rings is 1. The molecule has 0 aliphatic heterocycles. The number of aromatic nitrogens is 1. The highest BCUT2D eigenvalue weighted by atomic mass is 15.1. The summed E-state index contributed by atoms with van der Waals surface area (Å²) in [5.41, 5.74) is 2.35. The Morgan fingerprint density at radius 3 is 2.69 bits per heavy atom. The summed E-state index contributed by atoms with van der Waals surface area (Å²) in [6.07, 6.45) is 1.96. The van der Waals surface area contributed by atoms with E-state index in [1.807, 2.05) is 13.1 Å². The Balaban J connectivity index is 2.28. The van der Waals surface area contributed by atoms with Gasteiger partial charge in [-0.05, 0) is 25.6 Å². The fourth-order valence-electron chi connectivity index (χ4n) is 1.53. The van der Waals surface area contributed by atoms with Crippen molar-refractivity contribution in [2.45, 2.75) is 33.4 Å². The molecule has 0 atom stereocenters. The van der Waals surface area contributed by atoms with Gasteiger partial charge in [-0.15, -0.1) is 0 Å². The van der Waals surface area contributed by atoms with Gasteiger partial charge in [0.2, 0.25) is 0 Å². The molecule has 90 valence electrons. The van der Waals surface area contributed by atoms with Crippen molar-refractivity contribution in [2.75, 3.05) is 20.1 Å². The van der Waals surface area contributed by atoms with Crippen molar-refractivity contribution in [1.82, 2.24) is 15.2 Å². The van der Waals surface area contributed by atoms with Gasteiger partial charge in [0.1, 0.15) is 0 Å². The van der Waals surface area contributed by atoms with Gasteiger partial charge in [-0.25, -0.2) is 0 Å². The third-order valence-corrected chi connectivity index (χ3v) is 2.47. The Morgan fingerprint density at radius 2 is 2.12 bits per heavy atom. The molecule has 3 heteroatoms. The van der Waals surface area contributed by atoms with Gasteiger partial charge in [-0.2, -0.15) is 0 Å². The van der Waals surface area contributed by atoms with Crippen molar-refractivity contribution in [3.63, 3.8) is 0 Å². The van der Waals surface area contributed by atoms with E-state index in [2.05, 4.69) is 48.2 Å². The van der Waals surface area contributed by atoms with Gasteiger partial charge in [0.15, 0.2) is 0 Å². The lowest BCUT2D eigenvalue weighted by Crippen LogP contribution is -2.32. The van der Waals surface area contributed by atoms with E-state index in [1.165, 1.54) is 5.56 Å². The normalized spacial score (nSPS) is 11.4. The van der Waals surface area contributed by atoms with Crippen LogP contribution in [0.15, 0.2) is 18.3 Å². The minimum Gasteiger partial charge on any atom is -0.313 e. The molecule has 0 unspecified atom stereocenters. The first kappa shape index (κ1) is 13.1.